The van der Waals surface area contributed by atoms with E-state index in [9.17, 15) is 13.6 Å². The number of rotatable bonds is 6. The van der Waals surface area contributed by atoms with Gasteiger partial charge in [-0.05, 0) is 30.3 Å². The Bertz CT molecular complexity index is 1070. The van der Waals surface area contributed by atoms with Crippen molar-refractivity contribution in [2.24, 2.45) is 0 Å². The maximum absolute atomic E-state index is 13.3. The molecule has 1 aromatic heterocycles. The molecule has 0 aliphatic rings. The van der Waals surface area contributed by atoms with E-state index in [0.29, 0.717) is 17.2 Å². The zero-order valence-corrected chi connectivity index (χ0v) is 16.0. The van der Waals surface area contributed by atoms with E-state index in [-0.39, 0.29) is 22.3 Å². The fourth-order valence-corrected chi connectivity index (χ4v) is 2.50. The molecule has 150 valence electrons. The van der Waals surface area contributed by atoms with E-state index in [1.165, 1.54) is 14.2 Å². The van der Waals surface area contributed by atoms with Crippen molar-refractivity contribution < 1.29 is 27.8 Å². The Morgan fingerprint density at radius 2 is 1.76 bits per heavy atom. The largest absolute Gasteiger partial charge is 0.493 e. The molecule has 0 bridgehead atoms. The van der Waals surface area contributed by atoms with Gasteiger partial charge in [0.15, 0.2) is 29.0 Å². The maximum Gasteiger partial charge on any atom is 0.256 e. The second kappa shape index (κ2) is 8.70. The van der Waals surface area contributed by atoms with Crippen LogP contribution in [0.15, 0.2) is 42.7 Å². The topological polar surface area (TPSA) is 82.6 Å². The predicted molar refractivity (Wildman–Crippen MR) is 101 cm³/mol. The number of nitrogens with zero attached hydrogens (tertiary/aromatic N) is 2. The molecule has 0 aliphatic heterocycles. The van der Waals surface area contributed by atoms with Crippen LogP contribution in [0.5, 0.6) is 23.1 Å². The number of anilines is 1. The predicted octanol–water partition coefficient (Wildman–Crippen LogP) is 4.47. The summed E-state index contributed by atoms with van der Waals surface area (Å²) in [7, 11) is 2.98. The zero-order chi connectivity index (χ0) is 21.0. The van der Waals surface area contributed by atoms with E-state index in [4.69, 9.17) is 25.8 Å². The minimum Gasteiger partial charge on any atom is -0.493 e. The Morgan fingerprint density at radius 1 is 1.00 bits per heavy atom. The fourth-order valence-electron chi connectivity index (χ4n) is 2.32. The SMILES string of the molecule is COc1ccc(Oc2ncnc(NC(=O)c3ccc(F)c(F)c3)c2Cl)cc1OC. The lowest BCUT2D eigenvalue weighted by Crippen LogP contribution is -2.14. The number of amides is 1. The summed E-state index contributed by atoms with van der Waals surface area (Å²) >= 11 is 6.22. The van der Waals surface area contributed by atoms with Crippen LogP contribution in [0, 0.1) is 11.6 Å². The Morgan fingerprint density at radius 3 is 2.45 bits per heavy atom. The van der Waals surface area contributed by atoms with Crippen LogP contribution in [0.1, 0.15) is 10.4 Å². The van der Waals surface area contributed by atoms with Crippen molar-refractivity contribution in [2.45, 2.75) is 0 Å². The van der Waals surface area contributed by atoms with Gasteiger partial charge in [0.05, 0.1) is 14.2 Å². The normalized spacial score (nSPS) is 10.4. The van der Waals surface area contributed by atoms with Gasteiger partial charge in [-0.15, -0.1) is 0 Å². The maximum atomic E-state index is 13.3. The van der Waals surface area contributed by atoms with Crippen molar-refractivity contribution in [3.8, 4) is 23.1 Å². The standard InChI is InChI=1S/C19H14ClF2N3O4/c1-27-14-6-4-11(8-15(14)28-2)29-19-16(20)17(23-9-24-19)25-18(26)10-3-5-12(21)13(22)7-10/h3-9H,1-2H3,(H,23,24,25,26). The van der Waals surface area contributed by atoms with Gasteiger partial charge in [-0.1, -0.05) is 11.6 Å². The first-order valence-corrected chi connectivity index (χ1v) is 8.47. The van der Waals surface area contributed by atoms with Crippen LogP contribution in [-0.4, -0.2) is 30.1 Å². The third-order valence-electron chi connectivity index (χ3n) is 3.74. The average molecular weight is 422 g/mol. The van der Waals surface area contributed by atoms with Crippen LogP contribution < -0.4 is 19.5 Å². The fraction of sp³-hybridized carbons (Fsp3) is 0.105. The molecule has 1 amide bonds. The Labute approximate surface area is 169 Å². The van der Waals surface area contributed by atoms with Crippen LogP contribution in [-0.2, 0) is 0 Å². The van der Waals surface area contributed by atoms with E-state index in [1.807, 2.05) is 0 Å². The van der Waals surface area contributed by atoms with Crippen LogP contribution in [0.2, 0.25) is 5.02 Å². The highest BCUT2D eigenvalue weighted by Crippen LogP contribution is 2.36. The van der Waals surface area contributed by atoms with E-state index in [1.54, 1.807) is 18.2 Å². The van der Waals surface area contributed by atoms with Gasteiger partial charge >= 0.3 is 0 Å². The second-order valence-electron chi connectivity index (χ2n) is 5.54. The first-order valence-electron chi connectivity index (χ1n) is 8.09. The Hall–Kier alpha value is -3.46. The van der Waals surface area contributed by atoms with Crippen molar-refractivity contribution in [1.82, 2.24) is 9.97 Å². The summed E-state index contributed by atoms with van der Waals surface area (Å²) in [5.74, 6) is -1.75. The minimum atomic E-state index is -1.15. The lowest BCUT2D eigenvalue weighted by Gasteiger charge is -2.12. The Kier molecular flexibility index (Phi) is 6.08. The number of ether oxygens (including phenoxy) is 3. The number of hydrogen-bond acceptors (Lipinski definition) is 6. The van der Waals surface area contributed by atoms with Crippen molar-refractivity contribution in [2.75, 3.05) is 19.5 Å². The number of aromatic nitrogens is 2. The molecule has 3 rings (SSSR count). The second-order valence-corrected chi connectivity index (χ2v) is 5.92. The Balaban J connectivity index is 1.82. The number of benzene rings is 2. The first kappa shape index (κ1) is 20.3. The molecule has 3 aromatic rings. The highest BCUT2D eigenvalue weighted by molar-refractivity contribution is 6.34. The summed E-state index contributed by atoms with van der Waals surface area (Å²) in [5.41, 5.74) is -0.110. The first-order chi connectivity index (χ1) is 13.9. The number of hydrogen-bond donors (Lipinski definition) is 1. The van der Waals surface area contributed by atoms with Crippen molar-refractivity contribution in [3.05, 3.63) is 64.9 Å². The third kappa shape index (κ3) is 4.52. The van der Waals surface area contributed by atoms with Crippen LogP contribution in [0.3, 0.4) is 0 Å². The summed E-state index contributed by atoms with van der Waals surface area (Å²) in [5, 5.41) is 2.32. The van der Waals surface area contributed by atoms with E-state index in [2.05, 4.69) is 15.3 Å². The van der Waals surface area contributed by atoms with E-state index in [0.717, 1.165) is 24.5 Å². The molecular weight excluding hydrogens is 408 g/mol. The number of methoxy groups -OCH3 is 2. The zero-order valence-electron chi connectivity index (χ0n) is 15.2. The minimum absolute atomic E-state index is 0.0329. The summed E-state index contributed by atoms with van der Waals surface area (Å²) in [6.45, 7) is 0. The summed E-state index contributed by atoms with van der Waals surface area (Å²) < 4.78 is 42.4. The molecule has 1 N–H and O–H groups in total. The molecule has 0 fully saturated rings. The molecule has 0 saturated carbocycles. The molecule has 7 nitrogen and oxygen atoms in total. The lowest BCUT2D eigenvalue weighted by atomic mass is 10.2. The summed E-state index contributed by atoms with van der Waals surface area (Å²) in [4.78, 5) is 20.1. The van der Waals surface area contributed by atoms with Gasteiger partial charge in [0.25, 0.3) is 5.91 Å². The van der Waals surface area contributed by atoms with E-state index >= 15 is 0 Å². The molecule has 10 heteroatoms. The van der Waals surface area contributed by atoms with Gasteiger partial charge in [0, 0.05) is 11.6 Å². The lowest BCUT2D eigenvalue weighted by molar-refractivity contribution is 0.102. The van der Waals surface area contributed by atoms with Gasteiger partial charge in [-0.25, -0.2) is 13.8 Å². The number of carbonyl (C=O) groups excluding carboxylic acids is 1. The molecule has 0 atom stereocenters. The van der Waals surface area contributed by atoms with E-state index < -0.39 is 17.5 Å². The van der Waals surface area contributed by atoms with Crippen molar-refractivity contribution in [1.29, 1.82) is 0 Å². The van der Waals surface area contributed by atoms with Gasteiger partial charge in [0.2, 0.25) is 5.88 Å². The molecule has 1 heterocycles. The molecule has 0 unspecified atom stereocenters. The van der Waals surface area contributed by atoms with Crippen LogP contribution in [0.25, 0.3) is 0 Å². The molecule has 2 aromatic carbocycles. The van der Waals surface area contributed by atoms with Crippen LogP contribution >= 0.6 is 11.6 Å². The summed E-state index contributed by atoms with van der Waals surface area (Å²) in [6, 6.07) is 7.55. The third-order valence-corrected chi connectivity index (χ3v) is 4.08. The number of halogens is 3. The van der Waals surface area contributed by atoms with Gasteiger partial charge in [-0.2, -0.15) is 4.98 Å². The van der Waals surface area contributed by atoms with Crippen molar-refractivity contribution >= 4 is 23.3 Å². The quantitative estimate of drug-likeness (QED) is 0.632. The van der Waals surface area contributed by atoms with Crippen LogP contribution in [0.4, 0.5) is 14.6 Å². The molecule has 29 heavy (non-hydrogen) atoms. The molecule has 0 spiro atoms. The average Bonchev–Trinajstić information content (AvgIpc) is 2.72. The highest BCUT2D eigenvalue weighted by atomic mass is 35.5. The molecule has 0 aliphatic carbocycles. The van der Waals surface area contributed by atoms with Crippen molar-refractivity contribution in [3.63, 3.8) is 0 Å². The number of nitrogens with one attached hydrogen (secondary N) is 1. The monoisotopic (exact) mass is 421 g/mol. The van der Waals surface area contributed by atoms with Gasteiger partial charge < -0.3 is 19.5 Å². The molecule has 0 radical (unpaired) electrons. The smallest absolute Gasteiger partial charge is 0.256 e. The van der Waals surface area contributed by atoms with Gasteiger partial charge in [0.1, 0.15) is 17.1 Å². The molecule has 0 saturated heterocycles. The highest BCUT2D eigenvalue weighted by Gasteiger charge is 2.17. The molecular formula is C19H14ClF2N3O4. The van der Waals surface area contributed by atoms with Gasteiger partial charge in [-0.3, -0.25) is 4.79 Å². The summed E-state index contributed by atoms with van der Waals surface area (Å²) in [6.07, 6.45) is 1.13. The number of carbonyl (C=O) groups is 1.